The number of rotatable bonds is 3. The minimum Gasteiger partial charge on any atom is -0.298 e. The lowest BCUT2D eigenvalue weighted by Gasteiger charge is -2.04. The Kier molecular flexibility index (Phi) is 3.00. The predicted molar refractivity (Wildman–Crippen MR) is 59.2 cm³/mol. The van der Waals surface area contributed by atoms with Gasteiger partial charge < -0.3 is 0 Å². The molecule has 4 nitrogen and oxygen atoms in total. The van der Waals surface area contributed by atoms with Crippen molar-refractivity contribution in [1.82, 2.24) is 15.0 Å². The molecule has 0 aromatic carbocycles. The van der Waals surface area contributed by atoms with Crippen LogP contribution in [0, 0.1) is 6.92 Å². The number of pyridine rings is 1. The number of hydrogen-bond acceptors (Lipinski definition) is 4. The molecule has 0 amide bonds. The number of carbonyl (C=O) groups excluding carboxylic acids is 1. The van der Waals surface area contributed by atoms with Gasteiger partial charge in [0.25, 0.3) is 0 Å². The first-order chi connectivity index (χ1) is 7.79. The Hall–Kier alpha value is -2.10. The summed E-state index contributed by atoms with van der Waals surface area (Å²) >= 11 is 0. The first-order valence-corrected chi connectivity index (χ1v) is 4.96. The van der Waals surface area contributed by atoms with E-state index in [1.807, 2.05) is 12.1 Å². The molecule has 4 heteroatoms. The molecule has 0 spiro atoms. The summed E-state index contributed by atoms with van der Waals surface area (Å²) in [5.41, 5.74) is 2.31. The fraction of sp³-hybridized carbons (Fsp3) is 0.167. The Labute approximate surface area is 93.4 Å². The summed E-state index contributed by atoms with van der Waals surface area (Å²) in [5.74, 6) is 0.671. The van der Waals surface area contributed by atoms with Crippen LogP contribution in [0.15, 0.2) is 30.7 Å². The molecule has 0 unspecified atom stereocenters. The monoisotopic (exact) mass is 213 g/mol. The van der Waals surface area contributed by atoms with Gasteiger partial charge in [0.1, 0.15) is 5.82 Å². The highest BCUT2D eigenvalue weighted by Gasteiger charge is 2.05. The summed E-state index contributed by atoms with van der Waals surface area (Å²) in [6.45, 7) is 1.81. The van der Waals surface area contributed by atoms with Gasteiger partial charge in [-0.2, -0.15) is 0 Å². The van der Waals surface area contributed by atoms with Gasteiger partial charge in [0.15, 0.2) is 6.29 Å². The highest BCUT2D eigenvalue weighted by molar-refractivity contribution is 5.75. The van der Waals surface area contributed by atoms with Crippen molar-refractivity contribution in [3.8, 4) is 0 Å². The molecule has 2 rings (SSSR count). The second-order valence-electron chi connectivity index (χ2n) is 3.48. The molecule has 0 saturated heterocycles. The molecule has 0 aliphatic heterocycles. The van der Waals surface area contributed by atoms with E-state index in [1.54, 1.807) is 25.5 Å². The van der Waals surface area contributed by atoms with Gasteiger partial charge in [-0.15, -0.1) is 0 Å². The number of aldehydes is 1. The fourth-order valence-corrected chi connectivity index (χ4v) is 1.46. The van der Waals surface area contributed by atoms with E-state index in [0.29, 0.717) is 17.8 Å². The first-order valence-electron chi connectivity index (χ1n) is 4.96. The van der Waals surface area contributed by atoms with Crippen molar-refractivity contribution in [2.45, 2.75) is 13.3 Å². The fourth-order valence-electron chi connectivity index (χ4n) is 1.46. The van der Waals surface area contributed by atoms with Crippen LogP contribution in [0.25, 0.3) is 0 Å². The summed E-state index contributed by atoms with van der Waals surface area (Å²) in [6.07, 6.45) is 6.43. The van der Waals surface area contributed by atoms with Crippen molar-refractivity contribution >= 4 is 6.29 Å². The SMILES string of the molecule is Cc1ncc(C=O)c(Cc2cccnc2)n1. The number of aromatic nitrogens is 3. The number of nitrogens with zero attached hydrogens (tertiary/aromatic N) is 3. The maximum absolute atomic E-state index is 10.8. The lowest BCUT2D eigenvalue weighted by Crippen LogP contribution is -2.02. The van der Waals surface area contributed by atoms with E-state index in [0.717, 1.165) is 17.5 Å². The predicted octanol–water partition coefficient (Wildman–Crippen LogP) is 1.58. The van der Waals surface area contributed by atoms with Crippen LogP contribution in [-0.2, 0) is 6.42 Å². The van der Waals surface area contributed by atoms with Gasteiger partial charge in [0, 0.05) is 25.0 Å². The van der Waals surface area contributed by atoms with Gasteiger partial charge in [0.2, 0.25) is 0 Å². The molecule has 0 aliphatic rings. The van der Waals surface area contributed by atoms with E-state index in [1.165, 1.54) is 0 Å². The number of carbonyl (C=O) groups is 1. The largest absolute Gasteiger partial charge is 0.298 e. The molecule has 16 heavy (non-hydrogen) atoms. The molecule has 0 atom stereocenters. The van der Waals surface area contributed by atoms with Crippen LogP contribution < -0.4 is 0 Å². The van der Waals surface area contributed by atoms with E-state index in [4.69, 9.17) is 0 Å². The number of hydrogen-bond donors (Lipinski definition) is 0. The van der Waals surface area contributed by atoms with Crippen molar-refractivity contribution in [1.29, 1.82) is 0 Å². The lowest BCUT2D eigenvalue weighted by atomic mass is 10.1. The van der Waals surface area contributed by atoms with Crippen LogP contribution in [0.5, 0.6) is 0 Å². The summed E-state index contributed by atoms with van der Waals surface area (Å²) in [4.78, 5) is 23.1. The number of aryl methyl sites for hydroxylation is 1. The highest BCUT2D eigenvalue weighted by Crippen LogP contribution is 2.09. The molecule has 80 valence electrons. The van der Waals surface area contributed by atoms with E-state index in [-0.39, 0.29) is 0 Å². The Bertz CT molecular complexity index is 497. The average molecular weight is 213 g/mol. The van der Waals surface area contributed by atoms with Crippen LogP contribution in [-0.4, -0.2) is 21.2 Å². The zero-order valence-corrected chi connectivity index (χ0v) is 8.92. The molecule has 2 aromatic rings. The second kappa shape index (κ2) is 4.61. The summed E-state index contributed by atoms with van der Waals surface area (Å²) in [7, 11) is 0. The molecule has 0 N–H and O–H groups in total. The van der Waals surface area contributed by atoms with Gasteiger partial charge in [-0.25, -0.2) is 9.97 Å². The molecule has 0 aliphatic carbocycles. The third-order valence-corrected chi connectivity index (χ3v) is 2.24. The van der Waals surface area contributed by atoms with Crippen molar-refractivity contribution < 1.29 is 4.79 Å². The minimum atomic E-state index is 0.537. The van der Waals surface area contributed by atoms with Crippen LogP contribution in [0.1, 0.15) is 27.4 Å². The molecule has 0 saturated carbocycles. The Morgan fingerprint density at radius 1 is 1.38 bits per heavy atom. The normalized spacial score (nSPS) is 10.1. The van der Waals surface area contributed by atoms with Gasteiger partial charge >= 0.3 is 0 Å². The van der Waals surface area contributed by atoms with E-state index < -0.39 is 0 Å². The average Bonchev–Trinajstić information content (AvgIpc) is 2.31. The van der Waals surface area contributed by atoms with Crippen molar-refractivity contribution in [2.75, 3.05) is 0 Å². The summed E-state index contributed by atoms with van der Waals surface area (Å²) < 4.78 is 0. The molecular weight excluding hydrogens is 202 g/mol. The van der Waals surface area contributed by atoms with Crippen LogP contribution in [0.4, 0.5) is 0 Å². The molecule has 2 heterocycles. The molecule has 2 aromatic heterocycles. The van der Waals surface area contributed by atoms with E-state index in [9.17, 15) is 4.79 Å². The summed E-state index contributed by atoms with van der Waals surface area (Å²) in [5, 5.41) is 0. The third-order valence-electron chi connectivity index (χ3n) is 2.24. The first kappa shape index (κ1) is 10.4. The standard InChI is InChI=1S/C12H11N3O/c1-9-14-7-11(8-16)12(15-9)5-10-3-2-4-13-6-10/h2-4,6-8H,5H2,1H3. The van der Waals surface area contributed by atoms with E-state index in [2.05, 4.69) is 15.0 Å². The topological polar surface area (TPSA) is 55.7 Å². The van der Waals surface area contributed by atoms with Crippen molar-refractivity contribution in [3.05, 3.63) is 53.4 Å². The molecule has 0 radical (unpaired) electrons. The second-order valence-corrected chi connectivity index (χ2v) is 3.48. The highest BCUT2D eigenvalue weighted by atomic mass is 16.1. The Morgan fingerprint density at radius 2 is 2.25 bits per heavy atom. The van der Waals surface area contributed by atoms with Crippen LogP contribution in [0.3, 0.4) is 0 Å². The van der Waals surface area contributed by atoms with Crippen molar-refractivity contribution in [3.63, 3.8) is 0 Å². The van der Waals surface area contributed by atoms with Gasteiger partial charge in [0.05, 0.1) is 11.3 Å². The quantitative estimate of drug-likeness (QED) is 0.726. The summed E-state index contributed by atoms with van der Waals surface area (Å²) in [6, 6.07) is 3.82. The lowest BCUT2D eigenvalue weighted by molar-refractivity contribution is 0.112. The van der Waals surface area contributed by atoms with Crippen molar-refractivity contribution in [2.24, 2.45) is 0 Å². The van der Waals surface area contributed by atoms with Gasteiger partial charge in [-0.1, -0.05) is 6.07 Å². The Morgan fingerprint density at radius 3 is 2.94 bits per heavy atom. The zero-order valence-electron chi connectivity index (χ0n) is 8.92. The van der Waals surface area contributed by atoms with Gasteiger partial charge in [-0.3, -0.25) is 9.78 Å². The minimum absolute atomic E-state index is 0.537. The maximum atomic E-state index is 10.8. The smallest absolute Gasteiger partial charge is 0.153 e. The molecule has 0 bridgehead atoms. The zero-order chi connectivity index (χ0) is 11.4. The third kappa shape index (κ3) is 2.28. The maximum Gasteiger partial charge on any atom is 0.153 e. The van der Waals surface area contributed by atoms with Crippen LogP contribution >= 0.6 is 0 Å². The Balaban J connectivity index is 2.33. The van der Waals surface area contributed by atoms with E-state index >= 15 is 0 Å². The molecular formula is C12H11N3O. The van der Waals surface area contributed by atoms with Gasteiger partial charge in [-0.05, 0) is 18.6 Å². The van der Waals surface area contributed by atoms with Crippen LogP contribution in [0.2, 0.25) is 0 Å². The molecule has 0 fully saturated rings.